The number of rotatable bonds is 2. The van der Waals surface area contributed by atoms with Crippen molar-refractivity contribution in [3.8, 4) is 6.07 Å². The molecule has 0 fully saturated rings. The fourth-order valence-electron chi connectivity index (χ4n) is 2.42. The second kappa shape index (κ2) is 5.19. The van der Waals surface area contributed by atoms with Crippen LogP contribution in [0.15, 0.2) is 36.4 Å². The number of nitrogens with zero attached hydrogens (tertiary/aromatic N) is 2. The minimum atomic E-state index is -0.489. The molecule has 3 rings (SSSR count). The van der Waals surface area contributed by atoms with Gasteiger partial charge in [-0.1, -0.05) is 23.7 Å². The summed E-state index contributed by atoms with van der Waals surface area (Å²) in [6, 6.07) is 11.4. The molecular formula is C16H10ClFN2O. The van der Waals surface area contributed by atoms with Crippen molar-refractivity contribution in [3.05, 3.63) is 63.9 Å². The van der Waals surface area contributed by atoms with Gasteiger partial charge in [0.15, 0.2) is 0 Å². The van der Waals surface area contributed by atoms with Crippen molar-refractivity contribution in [2.24, 2.45) is 0 Å². The zero-order chi connectivity index (χ0) is 15.0. The molecule has 2 aromatic rings. The third-order valence-corrected chi connectivity index (χ3v) is 3.73. The number of carbonyl (C=O) groups excluding carboxylic acids is 1. The van der Waals surface area contributed by atoms with Crippen LogP contribution in [0, 0.1) is 17.1 Å². The van der Waals surface area contributed by atoms with Gasteiger partial charge in [0.05, 0.1) is 24.6 Å². The Morgan fingerprint density at radius 3 is 2.81 bits per heavy atom. The lowest BCUT2D eigenvalue weighted by Crippen LogP contribution is -2.26. The van der Waals surface area contributed by atoms with Crippen molar-refractivity contribution in [1.82, 2.24) is 0 Å². The molecule has 0 saturated carbocycles. The van der Waals surface area contributed by atoms with Gasteiger partial charge >= 0.3 is 0 Å². The largest absolute Gasteiger partial charge is 0.307 e. The second-order valence-corrected chi connectivity index (χ2v) is 5.28. The number of anilines is 1. The molecule has 0 radical (unpaired) electrons. The summed E-state index contributed by atoms with van der Waals surface area (Å²) in [7, 11) is 0. The molecule has 104 valence electrons. The Balaban J connectivity index is 1.94. The quantitative estimate of drug-likeness (QED) is 0.853. The van der Waals surface area contributed by atoms with Crippen LogP contribution in [0.5, 0.6) is 0 Å². The first-order valence-electron chi connectivity index (χ1n) is 6.36. The molecule has 0 aliphatic carbocycles. The third-order valence-electron chi connectivity index (χ3n) is 3.49. The molecule has 0 saturated heterocycles. The van der Waals surface area contributed by atoms with Crippen molar-refractivity contribution in [2.45, 2.75) is 13.0 Å². The van der Waals surface area contributed by atoms with Crippen LogP contribution in [0.3, 0.4) is 0 Å². The van der Waals surface area contributed by atoms with Gasteiger partial charge in [-0.2, -0.15) is 5.26 Å². The lowest BCUT2D eigenvalue weighted by Gasteiger charge is -2.18. The fraction of sp³-hybridized carbons (Fsp3) is 0.125. The highest BCUT2D eigenvalue weighted by atomic mass is 35.5. The molecule has 0 N–H and O–H groups in total. The topological polar surface area (TPSA) is 44.1 Å². The Kier molecular flexibility index (Phi) is 3.36. The van der Waals surface area contributed by atoms with Crippen molar-refractivity contribution < 1.29 is 9.18 Å². The van der Waals surface area contributed by atoms with Gasteiger partial charge in [0.2, 0.25) is 5.91 Å². The molecule has 5 heteroatoms. The smallest absolute Gasteiger partial charge is 0.231 e. The highest BCUT2D eigenvalue weighted by molar-refractivity contribution is 6.31. The van der Waals surface area contributed by atoms with Crippen LogP contribution in [-0.4, -0.2) is 5.91 Å². The molecule has 0 bridgehead atoms. The molecular weight excluding hydrogens is 291 g/mol. The number of fused-ring (bicyclic) bond motifs is 1. The summed E-state index contributed by atoms with van der Waals surface area (Å²) in [4.78, 5) is 13.6. The zero-order valence-electron chi connectivity index (χ0n) is 10.9. The normalized spacial score (nSPS) is 13.2. The van der Waals surface area contributed by atoms with Crippen LogP contribution in [0.2, 0.25) is 5.02 Å². The number of carbonyl (C=O) groups is 1. The van der Waals surface area contributed by atoms with Crippen molar-refractivity contribution in [3.63, 3.8) is 0 Å². The van der Waals surface area contributed by atoms with Crippen LogP contribution < -0.4 is 4.90 Å². The Morgan fingerprint density at radius 2 is 2.10 bits per heavy atom. The summed E-state index contributed by atoms with van der Waals surface area (Å²) < 4.78 is 14.0. The van der Waals surface area contributed by atoms with Gasteiger partial charge in [-0.25, -0.2) is 4.39 Å². The van der Waals surface area contributed by atoms with Crippen molar-refractivity contribution >= 4 is 23.2 Å². The van der Waals surface area contributed by atoms with E-state index < -0.39 is 5.82 Å². The fourth-order valence-corrected chi connectivity index (χ4v) is 2.59. The van der Waals surface area contributed by atoms with E-state index in [9.17, 15) is 9.18 Å². The molecule has 1 heterocycles. The number of hydrogen-bond donors (Lipinski definition) is 0. The van der Waals surface area contributed by atoms with E-state index in [2.05, 4.69) is 0 Å². The lowest BCUT2D eigenvalue weighted by molar-refractivity contribution is -0.117. The molecule has 2 aromatic carbocycles. The van der Waals surface area contributed by atoms with E-state index in [1.165, 1.54) is 23.1 Å². The standard InChI is InChI=1S/C16H10ClFN2O/c17-13-4-3-11-6-16(21)20(15(11)7-13)9-12-2-1-10(8-19)5-14(12)18/h1-5,7H,6,9H2. The van der Waals surface area contributed by atoms with Crippen molar-refractivity contribution in [1.29, 1.82) is 5.26 Å². The molecule has 0 aromatic heterocycles. The van der Waals surface area contributed by atoms with E-state index in [-0.39, 0.29) is 18.0 Å². The first-order chi connectivity index (χ1) is 10.1. The van der Waals surface area contributed by atoms with E-state index in [1.54, 1.807) is 12.1 Å². The third kappa shape index (κ3) is 2.48. The Morgan fingerprint density at radius 1 is 1.29 bits per heavy atom. The summed E-state index contributed by atoms with van der Waals surface area (Å²) >= 11 is 5.96. The van der Waals surface area contributed by atoms with Gasteiger partial charge in [-0.3, -0.25) is 4.79 Å². The van der Waals surface area contributed by atoms with Gasteiger partial charge < -0.3 is 4.90 Å². The highest BCUT2D eigenvalue weighted by Crippen LogP contribution is 2.33. The molecule has 1 amide bonds. The van der Waals surface area contributed by atoms with Crippen LogP contribution >= 0.6 is 11.6 Å². The summed E-state index contributed by atoms with van der Waals surface area (Å²) in [6.07, 6.45) is 0.296. The predicted octanol–water partition coefficient (Wildman–Crippen LogP) is 3.44. The maximum absolute atomic E-state index is 14.0. The molecule has 3 nitrogen and oxygen atoms in total. The maximum atomic E-state index is 14.0. The maximum Gasteiger partial charge on any atom is 0.231 e. The molecule has 0 spiro atoms. The van der Waals surface area contributed by atoms with E-state index in [4.69, 9.17) is 16.9 Å². The van der Waals surface area contributed by atoms with Gasteiger partial charge in [-0.15, -0.1) is 0 Å². The van der Waals surface area contributed by atoms with E-state index in [0.29, 0.717) is 17.0 Å². The molecule has 0 unspecified atom stereocenters. The number of amides is 1. The van der Waals surface area contributed by atoms with E-state index in [1.807, 2.05) is 12.1 Å². The van der Waals surface area contributed by atoms with Gasteiger partial charge in [0.1, 0.15) is 5.82 Å². The van der Waals surface area contributed by atoms with E-state index in [0.717, 1.165) is 11.3 Å². The summed E-state index contributed by atoms with van der Waals surface area (Å²) in [5.74, 6) is -0.576. The van der Waals surface area contributed by atoms with Gasteiger partial charge in [0, 0.05) is 16.3 Å². The first-order valence-corrected chi connectivity index (χ1v) is 6.73. The van der Waals surface area contributed by atoms with Crippen LogP contribution in [0.25, 0.3) is 0 Å². The molecule has 21 heavy (non-hydrogen) atoms. The molecule has 1 aliphatic heterocycles. The number of hydrogen-bond acceptors (Lipinski definition) is 2. The lowest BCUT2D eigenvalue weighted by atomic mass is 10.1. The molecule has 1 aliphatic rings. The SMILES string of the molecule is N#Cc1ccc(CN2C(=O)Cc3ccc(Cl)cc32)c(F)c1. The van der Waals surface area contributed by atoms with Crippen LogP contribution in [-0.2, 0) is 17.8 Å². The van der Waals surface area contributed by atoms with Gasteiger partial charge in [-0.05, 0) is 29.8 Å². The summed E-state index contributed by atoms with van der Waals surface area (Å²) in [5, 5.41) is 9.28. The predicted molar refractivity (Wildman–Crippen MR) is 77.5 cm³/mol. The minimum absolute atomic E-state index is 0.0870. The summed E-state index contributed by atoms with van der Waals surface area (Å²) in [6.45, 7) is 0.129. The minimum Gasteiger partial charge on any atom is -0.307 e. The summed E-state index contributed by atoms with van der Waals surface area (Å²) in [5.41, 5.74) is 2.23. The van der Waals surface area contributed by atoms with E-state index >= 15 is 0 Å². The Hall–Kier alpha value is -2.38. The second-order valence-electron chi connectivity index (χ2n) is 4.85. The first kappa shape index (κ1) is 13.6. The average molecular weight is 301 g/mol. The average Bonchev–Trinajstić information content (AvgIpc) is 2.77. The Bertz CT molecular complexity index is 782. The van der Waals surface area contributed by atoms with Crippen molar-refractivity contribution in [2.75, 3.05) is 4.90 Å². The van der Waals surface area contributed by atoms with Crippen LogP contribution in [0.4, 0.5) is 10.1 Å². The number of halogens is 2. The zero-order valence-corrected chi connectivity index (χ0v) is 11.7. The Labute approximate surface area is 126 Å². The number of benzene rings is 2. The highest BCUT2D eigenvalue weighted by Gasteiger charge is 2.28. The van der Waals surface area contributed by atoms with Crippen LogP contribution in [0.1, 0.15) is 16.7 Å². The van der Waals surface area contributed by atoms with Gasteiger partial charge in [0.25, 0.3) is 0 Å². The molecule has 0 atom stereocenters. The monoisotopic (exact) mass is 300 g/mol. The number of nitriles is 1.